The van der Waals surface area contributed by atoms with E-state index in [0.29, 0.717) is 0 Å². The van der Waals surface area contributed by atoms with E-state index in [4.69, 9.17) is 11.4 Å². The first kappa shape index (κ1) is 11.8. The van der Waals surface area contributed by atoms with Crippen LogP contribution in [0.5, 0.6) is 0 Å². The molecular weight excluding hydrogens is 118 g/mol. The van der Waals surface area contributed by atoms with Gasteiger partial charge in [0.15, 0.2) is 0 Å². The molecule has 0 aromatic carbocycles. The van der Waals surface area contributed by atoms with E-state index in [1.54, 1.807) is 21.3 Å². The van der Waals surface area contributed by atoms with Crippen molar-refractivity contribution < 1.29 is 30.2 Å². The van der Waals surface area contributed by atoms with Crippen molar-refractivity contribution in [2.24, 2.45) is 0 Å². The summed E-state index contributed by atoms with van der Waals surface area (Å²) >= 11 is -1.67. The molecule has 0 amide bonds. The van der Waals surface area contributed by atoms with Gasteiger partial charge in [-0.25, -0.2) is 0 Å². The third-order valence-electron chi connectivity index (χ3n) is 0.577. The van der Waals surface area contributed by atoms with Crippen molar-refractivity contribution in [2.45, 2.75) is 0 Å². The quantitative estimate of drug-likeness (QED) is 0.376. The van der Waals surface area contributed by atoms with Crippen LogP contribution in [0.3, 0.4) is 0 Å². The van der Waals surface area contributed by atoms with Gasteiger partial charge in [-0.3, -0.25) is 0 Å². The van der Waals surface area contributed by atoms with Crippen LogP contribution < -0.4 is 18.9 Å². The third kappa shape index (κ3) is 5.15. The molecule has 5 heteroatoms. The van der Waals surface area contributed by atoms with E-state index in [-0.39, 0.29) is 18.9 Å². The minimum Gasteiger partial charge on any atom is -0.457 e. The minimum atomic E-state index is -1.67. The van der Waals surface area contributed by atoms with Crippen molar-refractivity contribution in [1.82, 2.24) is 0 Å². The van der Waals surface area contributed by atoms with Gasteiger partial charge in [0.25, 0.3) is 0 Å². The summed E-state index contributed by atoms with van der Waals surface area (Å²) in [5.41, 5.74) is 0. The molecule has 0 heterocycles. The van der Waals surface area contributed by atoms with Crippen LogP contribution in [-0.4, -0.2) is 36.5 Å². The van der Waals surface area contributed by atoms with Crippen LogP contribution in [0.25, 0.3) is 0 Å². The van der Waals surface area contributed by atoms with Gasteiger partial charge in [0, 0.05) is 21.3 Å². The molecule has 0 aromatic rings. The molecule has 0 saturated heterocycles. The van der Waals surface area contributed by atoms with Crippen molar-refractivity contribution in [3.8, 4) is 0 Å². The monoisotopic (exact) mass is 127 g/mol. The average molecular weight is 127 g/mol. The predicted molar refractivity (Wildman–Crippen MR) is 26.8 cm³/mol. The molecule has 0 atom stereocenters. The predicted octanol–water partition coefficient (Wildman–Crippen LogP) is -3.09. The van der Waals surface area contributed by atoms with E-state index in [0.717, 1.165) is 0 Å². The summed E-state index contributed by atoms with van der Waals surface area (Å²) in [4.78, 5) is 0. The van der Waals surface area contributed by atoms with E-state index in [9.17, 15) is 0 Å². The van der Waals surface area contributed by atoms with E-state index < -0.39 is 15.1 Å². The van der Waals surface area contributed by atoms with Gasteiger partial charge in [0.1, 0.15) is 0 Å². The maximum Gasteiger partial charge on any atom is 1.00 e. The van der Waals surface area contributed by atoms with Crippen LogP contribution >= 0.6 is 0 Å². The Morgan fingerprint density at radius 3 is 1.12 bits per heavy atom. The second kappa shape index (κ2) is 8.01. The van der Waals surface area contributed by atoms with E-state index in [2.05, 4.69) is 0 Å². The Balaban J connectivity index is 0. The van der Waals surface area contributed by atoms with Crippen molar-refractivity contribution in [3.05, 3.63) is 0 Å². The first-order valence-corrected chi connectivity index (χ1v) is 3.35. The van der Waals surface area contributed by atoms with Crippen LogP contribution in [0.4, 0.5) is 0 Å². The van der Waals surface area contributed by atoms with E-state index in [1.807, 2.05) is 0 Å². The zero-order valence-electron chi connectivity index (χ0n) is 5.80. The van der Waals surface area contributed by atoms with Gasteiger partial charge in [-0.15, -0.1) is 0 Å². The van der Waals surface area contributed by atoms with Crippen molar-refractivity contribution >= 4 is 15.1 Å². The fraction of sp³-hybridized carbons (Fsp3) is 1.00. The summed E-state index contributed by atoms with van der Waals surface area (Å²) in [7, 11) is 4.72. The second-order valence-electron chi connectivity index (χ2n) is 0.996. The molecule has 0 aliphatic rings. The maximum absolute atomic E-state index is 4.74. The van der Waals surface area contributed by atoms with E-state index in [1.165, 1.54) is 0 Å². The molecule has 0 fully saturated rings. The van der Waals surface area contributed by atoms with Crippen LogP contribution in [-0.2, 0) is 11.4 Å². The molecule has 0 rings (SSSR count). The molecule has 0 unspecified atom stereocenters. The van der Waals surface area contributed by atoms with Gasteiger partial charge in [-0.05, 0) is 0 Å². The Morgan fingerprint density at radius 2 is 1.12 bits per heavy atom. The summed E-state index contributed by atoms with van der Waals surface area (Å²) in [6.07, 6.45) is 0. The Bertz CT molecular complexity index is 36.0. The normalized spacial score (nSPS) is 7.88. The van der Waals surface area contributed by atoms with Gasteiger partial charge in [0.05, 0.1) is 0 Å². The number of hydrogen-bond acceptors (Lipinski definition) is 3. The second-order valence-corrected chi connectivity index (χ2v) is 2.99. The zero-order valence-corrected chi connectivity index (χ0v) is 6.96. The molecule has 0 bridgehead atoms. The maximum atomic E-state index is 4.74. The molecule has 8 heavy (non-hydrogen) atoms. The summed E-state index contributed by atoms with van der Waals surface area (Å²) in [5.74, 6) is 0. The molecular formula is C3H9AlLiO3+. The average Bonchev–Trinajstić information content (AvgIpc) is 1.72. The fourth-order valence-electron chi connectivity index (χ4n) is 0.289. The summed E-state index contributed by atoms with van der Waals surface area (Å²) < 4.78 is 14.2. The third-order valence-corrected chi connectivity index (χ3v) is 1.73. The molecule has 0 aliphatic heterocycles. The Hall–Kier alpha value is 1.01. The van der Waals surface area contributed by atoms with Crippen molar-refractivity contribution in [3.63, 3.8) is 0 Å². The van der Waals surface area contributed by atoms with Gasteiger partial charge in [0.2, 0.25) is 0 Å². The van der Waals surface area contributed by atoms with Gasteiger partial charge in [-0.1, -0.05) is 0 Å². The van der Waals surface area contributed by atoms with Crippen LogP contribution in [0.1, 0.15) is 0 Å². The molecule has 0 spiro atoms. The Labute approximate surface area is 66.9 Å². The molecule has 0 aliphatic carbocycles. The summed E-state index contributed by atoms with van der Waals surface area (Å²) in [6, 6.07) is 0. The first-order chi connectivity index (χ1) is 3.35. The molecule has 42 valence electrons. The summed E-state index contributed by atoms with van der Waals surface area (Å²) in [5, 5.41) is 0. The standard InChI is InChI=1S/3CH3O.Al.Li/c3*1-2;;/h3*1H3;;/q3*-1;+3;+1. The molecule has 0 saturated carbocycles. The largest absolute Gasteiger partial charge is 1.00 e. The fourth-order valence-corrected chi connectivity index (χ4v) is 0.866. The van der Waals surface area contributed by atoms with Gasteiger partial charge < -0.3 is 11.4 Å². The Morgan fingerprint density at radius 1 is 0.875 bits per heavy atom. The van der Waals surface area contributed by atoms with Crippen molar-refractivity contribution in [1.29, 1.82) is 0 Å². The molecule has 0 radical (unpaired) electrons. The minimum absolute atomic E-state index is 0. The molecule has 3 nitrogen and oxygen atoms in total. The van der Waals surface area contributed by atoms with Crippen LogP contribution in [0.15, 0.2) is 0 Å². The zero-order chi connectivity index (χ0) is 5.70. The first-order valence-electron chi connectivity index (χ1n) is 1.93. The van der Waals surface area contributed by atoms with Crippen molar-refractivity contribution in [2.75, 3.05) is 21.3 Å². The SMILES string of the molecule is C[O][Al]([O]C)[O]C.[Li+]. The van der Waals surface area contributed by atoms with Crippen LogP contribution in [0, 0.1) is 0 Å². The summed E-state index contributed by atoms with van der Waals surface area (Å²) in [6.45, 7) is 0. The molecule has 0 N–H and O–H groups in total. The smallest absolute Gasteiger partial charge is 0.457 e. The van der Waals surface area contributed by atoms with Gasteiger partial charge in [-0.2, -0.15) is 0 Å². The topological polar surface area (TPSA) is 27.7 Å². The van der Waals surface area contributed by atoms with E-state index >= 15 is 0 Å². The number of hydrogen-bond donors (Lipinski definition) is 0. The Kier molecular flexibility index (Phi) is 11.8. The van der Waals surface area contributed by atoms with Gasteiger partial charge >= 0.3 is 34.0 Å². The van der Waals surface area contributed by atoms with Crippen LogP contribution in [0.2, 0.25) is 0 Å². The number of rotatable bonds is 3. The molecule has 0 aromatic heterocycles.